The van der Waals surface area contributed by atoms with E-state index in [1.807, 2.05) is 23.1 Å². The molecule has 148 valence electrons. The molecule has 2 aromatic heterocycles. The van der Waals surface area contributed by atoms with Crippen molar-refractivity contribution in [3.05, 3.63) is 84.1 Å². The van der Waals surface area contributed by atoms with Gasteiger partial charge in [0.15, 0.2) is 0 Å². The molecular formula is C23H25N5O. The molecule has 1 aliphatic rings. The van der Waals surface area contributed by atoms with E-state index < -0.39 is 0 Å². The van der Waals surface area contributed by atoms with Gasteiger partial charge in [0.1, 0.15) is 11.5 Å². The molecule has 0 radical (unpaired) electrons. The summed E-state index contributed by atoms with van der Waals surface area (Å²) in [4.78, 5) is 27.3. The van der Waals surface area contributed by atoms with Crippen molar-refractivity contribution in [3.63, 3.8) is 0 Å². The molecule has 3 heterocycles. The highest BCUT2D eigenvalue weighted by molar-refractivity contribution is 5.92. The van der Waals surface area contributed by atoms with Crippen LogP contribution in [-0.2, 0) is 13.0 Å². The molecule has 29 heavy (non-hydrogen) atoms. The molecule has 1 amide bonds. The summed E-state index contributed by atoms with van der Waals surface area (Å²) in [5.74, 6) is 1.25. The van der Waals surface area contributed by atoms with E-state index in [0.717, 1.165) is 37.9 Å². The van der Waals surface area contributed by atoms with Crippen LogP contribution in [0.5, 0.6) is 0 Å². The minimum absolute atomic E-state index is 0.0312. The summed E-state index contributed by atoms with van der Waals surface area (Å²) in [6, 6.07) is 14.5. The third-order valence-electron chi connectivity index (χ3n) is 5.36. The fourth-order valence-corrected chi connectivity index (χ4v) is 3.67. The largest absolute Gasteiger partial charge is 0.365 e. The van der Waals surface area contributed by atoms with Gasteiger partial charge in [0.05, 0.1) is 12.4 Å². The highest BCUT2D eigenvalue weighted by Gasteiger charge is 2.24. The van der Waals surface area contributed by atoms with E-state index in [1.54, 1.807) is 24.8 Å². The normalized spacial score (nSPS) is 14.6. The van der Waals surface area contributed by atoms with Gasteiger partial charge in [0.25, 0.3) is 5.91 Å². The molecule has 0 bridgehead atoms. The Hall–Kier alpha value is -3.28. The maximum Gasteiger partial charge on any atom is 0.274 e. The van der Waals surface area contributed by atoms with E-state index in [-0.39, 0.29) is 5.91 Å². The molecule has 6 nitrogen and oxygen atoms in total. The molecule has 0 aliphatic carbocycles. The number of anilines is 1. The molecular weight excluding hydrogens is 362 g/mol. The van der Waals surface area contributed by atoms with Crippen molar-refractivity contribution in [3.8, 4) is 0 Å². The SMILES string of the molecule is O=C(c1cnc(NCc2ccncc2)cn1)N1CCC(Cc2ccccc2)CC1. The van der Waals surface area contributed by atoms with Gasteiger partial charge in [0, 0.05) is 32.0 Å². The first-order chi connectivity index (χ1) is 14.3. The predicted molar refractivity (Wildman–Crippen MR) is 112 cm³/mol. The molecule has 1 N–H and O–H groups in total. The fraction of sp³-hybridized carbons (Fsp3) is 0.304. The number of nitrogens with one attached hydrogen (secondary N) is 1. The van der Waals surface area contributed by atoms with Gasteiger partial charge >= 0.3 is 0 Å². The minimum Gasteiger partial charge on any atom is -0.365 e. The van der Waals surface area contributed by atoms with Crippen molar-refractivity contribution in [2.75, 3.05) is 18.4 Å². The number of carbonyl (C=O) groups excluding carboxylic acids is 1. The maximum atomic E-state index is 12.8. The first kappa shape index (κ1) is 19.1. The standard InChI is InChI=1S/C23H25N5O/c29-23(28-12-8-19(9-13-28)14-18-4-2-1-3-5-18)21-16-27-22(17-25-21)26-15-20-6-10-24-11-7-20/h1-7,10-11,16-17,19H,8-9,12-15H2,(H,26,27). The predicted octanol–water partition coefficient (Wildman–Crippen LogP) is 3.58. The van der Waals surface area contributed by atoms with Crippen molar-refractivity contribution in [2.45, 2.75) is 25.8 Å². The second-order valence-electron chi connectivity index (χ2n) is 7.42. The summed E-state index contributed by atoms with van der Waals surface area (Å²) in [5, 5.41) is 3.21. The van der Waals surface area contributed by atoms with Crippen molar-refractivity contribution in [2.24, 2.45) is 5.92 Å². The topological polar surface area (TPSA) is 71.0 Å². The lowest BCUT2D eigenvalue weighted by Gasteiger charge is -2.31. The van der Waals surface area contributed by atoms with Crippen LogP contribution in [-0.4, -0.2) is 38.8 Å². The molecule has 3 aromatic rings. The van der Waals surface area contributed by atoms with Crippen molar-refractivity contribution >= 4 is 11.7 Å². The lowest BCUT2D eigenvalue weighted by atomic mass is 9.90. The number of likely N-dealkylation sites (tertiary alicyclic amines) is 1. The number of aromatic nitrogens is 3. The van der Waals surface area contributed by atoms with Crippen LogP contribution in [0.3, 0.4) is 0 Å². The van der Waals surface area contributed by atoms with Gasteiger partial charge in [-0.1, -0.05) is 30.3 Å². The number of rotatable bonds is 6. The van der Waals surface area contributed by atoms with Crippen LogP contribution in [0.25, 0.3) is 0 Å². The number of hydrogen-bond acceptors (Lipinski definition) is 5. The number of hydrogen-bond donors (Lipinski definition) is 1. The maximum absolute atomic E-state index is 12.8. The first-order valence-electron chi connectivity index (χ1n) is 10.1. The first-order valence-corrected chi connectivity index (χ1v) is 10.1. The molecule has 0 atom stereocenters. The third kappa shape index (κ3) is 5.16. The zero-order valence-corrected chi connectivity index (χ0v) is 16.4. The van der Waals surface area contributed by atoms with Crippen LogP contribution < -0.4 is 5.32 Å². The molecule has 0 saturated carbocycles. The van der Waals surface area contributed by atoms with Gasteiger partial charge in [-0.15, -0.1) is 0 Å². The van der Waals surface area contributed by atoms with Crippen LogP contribution >= 0.6 is 0 Å². The summed E-state index contributed by atoms with van der Waals surface area (Å²) >= 11 is 0. The quantitative estimate of drug-likeness (QED) is 0.700. The molecule has 1 saturated heterocycles. The lowest BCUT2D eigenvalue weighted by molar-refractivity contribution is 0.0684. The average Bonchev–Trinajstić information content (AvgIpc) is 2.79. The van der Waals surface area contributed by atoms with Crippen molar-refractivity contribution < 1.29 is 4.79 Å². The van der Waals surface area contributed by atoms with Crippen LogP contribution in [0.1, 0.15) is 34.5 Å². The minimum atomic E-state index is -0.0312. The Morgan fingerprint density at radius 3 is 2.41 bits per heavy atom. The van der Waals surface area contributed by atoms with E-state index >= 15 is 0 Å². The van der Waals surface area contributed by atoms with E-state index in [9.17, 15) is 4.79 Å². The second-order valence-corrected chi connectivity index (χ2v) is 7.42. The van der Waals surface area contributed by atoms with Crippen LogP contribution in [0.15, 0.2) is 67.3 Å². The summed E-state index contributed by atoms with van der Waals surface area (Å²) in [6.45, 7) is 2.19. The zero-order valence-electron chi connectivity index (χ0n) is 16.4. The van der Waals surface area contributed by atoms with Gasteiger partial charge in [-0.25, -0.2) is 9.97 Å². The van der Waals surface area contributed by atoms with Gasteiger partial charge in [-0.05, 0) is 48.4 Å². The summed E-state index contributed by atoms with van der Waals surface area (Å²) in [6.07, 6.45) is 9.84. The number of benzene rings is 1. The smallest absolute Gasteiger partial charge is 0.274 e. The Labute approximate surface area is 171 Å². The monoisotopic (exact) mass is 387 g/mol. The van der Waals surface area contributed by atoms with E-state index in [2.05, 4.69) is 44.5 Å². The Balaban J connectivity index is 1.27. The zero-order chi connectivity index (χ0) is 19.9. The average molecular weight is 387 g/mol. The van der Waals surface area contributed by atoms with E-state index in [0.29, 0.717) is 24.0 Å². The van der Waals surface area contributed by atoms with Crippen LogP contribution in [0.2, 0.25) is 0 Å². The number of carbonyl (C=O) groups is 1. The summed E-state index contributed by atoms with van der Waals surface area (Å²) < 4.78 is 0. The molecule has 1 fully saturated rings. The number of piperidine rings is 1. The molecule has 1 aromatic carbocycles. The van der Waals surface area contributed by atoms with E-state index in [1.165, 1.54) is 5.56 Å². The number of nitrogens with zero attached hydrogens (tertiary/aromatic N) is 4. The van der Waals surface area contributed by atoms with Crippen LogP contribution in [0.4, 0.5) is 5.82 Å². The third-order valence-corrected chi connectivity index (χ3v) is 5.36. The summed E-state index contributed by atoms with van der Waals surface area (Å²) in [7, 11) is 0. The Morgan fingerprint density at radius 1 is 0.966 bits per heavy atom. The Morgan fingerprint density at radius 2 is 1.72 bits per heavy atom. The Kier molecular flexibility index (Phi) is 6.10. The van der Waals surface area contributed by atoms with Crippen molar-refractivity contribution in [1.82, 2.24) is 19.9 Å². The van der Waals surface area contributed by atoms with Crippen molar-refractivity contribution in [1.29, 1.82) is 0 Å². The number of amides is 1. The lowest BCUT2D eigenvalue weighted by Crippen LogP contribution is -2.39. The van der Waals surface area contributed by atoms with Gasteiger partial charge in [-0.2, -0.15) is 0 Å². The molecule has 4 rings (SSSR count). The second kappa shape index (κ2) is 9.28. The molecule has 1 aliphatic heterocycles. The van der Waals surface area contributed by atoms with Gasteiger partial charge in [0.2, 0.25) is 0 Å². The molecule has 0 spiro atoms. The fourth-order valence-electron chi connectivity index (χ4n) is 3.67. The molecule has 6 heteroatoms. The highest BCUT2D eigenvalue weighted by Crippen LogP contribution is 2.22. The number of pyridine rings is 1. The Bertz CT molecular complexity index is 907. The molecule has 0 unspecified atom stereocenters. The van der Waals surface area contributed by atoms with Gasteiger partial charge < -0.3 is 10.2 Å². The van der Waals surface area contributed by atoms with Gasteiger partial charge in [-0.3, -0.25) is 9.78 Å². The van der Waals surface area contributed by atoms with Crippen LogP contribution in [0, 0.1) is 5.92 Å². The highest BCUT2D eigenvalue weighted by atomic mass is 16.2. The summed E-state index contributed by atoms with van der Waals surface area (Å²) in [5.41, 5.74) is 2.89. The van der Waals surface area contributed by atoms with E-state index in [4.69, 9.17) is 0 Å².